The summed E-state index contributed by atoms with van der Waals surface area (Å²) in [6.45, 7) is 8.21. The predicted octanol–water partition coefficient (Wildman–Crippen LogP) is 3.86. The molecule has 0 saturated heterocycles. The number of anilines is 1. The molecule has 0 spiro atoms. The molecule has 0 aliphatic carbocycles. The molecule has 0 bridgehead atoms. The molecule has 44 heavy (non-hydrogen) atoms. The van der Waals surface area contributed by atoms with E-state index in [1.807, 2.05) is 32.0 Å². The molecule has 1 unspecified atom stereocenters. The molecule has 2 aromatic heterocycles. The Morgan fingerprint density at radius 3 is 2.18 bits per heavy atom. The smallest absolute Gasteiger partial charge is 0.344 e. The van der Waals surface area contributed by atoms with Crippen molar-refractivity contribution in [1.29, 1.82) is 0 Å². The number of ether oxygens (including phenoxy) is 4. The lowest BCUT2D eigenvalue weighted by molar-refractivity contribution is -0.147. The van der Waals surface area contributed by atoms with Gasteiger partial charge in [-0.25, -0.2) is 9.59 Å². The van der Waals surface area contributed by atoms with Crippen molar-refractivity contribution in [2.75, 3.05) is 25.1 Å². The van der Waals surface area contributed by atoms with Crippen LogP contribution in [-0.2, 0) is 23.8 Å². The summed E-state index contributed by atoms with van der Waals surface area (Å²) < 4.78 is 23.3. The maximum atomic E-state index is 14.5. The number of para-hydroxylation sites is 3. The number of benzene rings is 2. The van der Waals surface area contributed by atoms with Crippen LogP contribution in [-0.4, -0.2) is 47.1 Å². The van der Waals surface area contributed by atoms with Gasteiger partial charge in [0.05, 0.1) is 36.4 Å². The molecule has 0 amide bonds. The van der Waals surface area contributed by atoms with Crippen LogP contribution in [0.5, 0.6) is 5.75 Å². The zero-order chi connectivity index (χ0) is 31.7. The van der Waals surface area contributed by atoms with Gasteiger partial charge in [0.25, 0.3) is 11.1 Å². The minimum Gasteiger partial charge on any atom is -0.465 e. The van der Waals surface area contributed by atoms with E-state index in [0.717, 1.165) is 15.5 Å². The highest BCUT2D eigenvalue weighted by molar-refractivity contribution is 6.05. The lowest BCUT2D eigenvalue weighted by Gasteiger charge is -2.30. The number of nitrogens with one attached hydrogen (secondary N) is 2. The van der Waals surface area contributed by atoms with Gasteiger partial charge in [-0.3, -0.25) is 18.8 Å². The Morgan fingerprint density at radius 1 is 0.886 bits per heavy atom. The van der Waals surface area contributed by atoms with Crippen LogP contribution < -0.4 is 21.2 Å². The number of carbonyl (C=O) groups excluding carboxylic acids is 3. The van der Waals surface area contributed by atoms with Crippen molar-refractivity contribution in [2.45, 2.75) is 40.5 Å². The molecule has 1 aliphatic heterocycles. The van der Waals surface area contributed by atoms with Gasteiger partial charge < -0.3 is 29.2 Å². The Balaban J connectivity index is 1.97. The molecule has 3 heterocycles. The van der Waals surface area contributed by atoms with Gasteiger partial charge in [-0.1, -0.05) is 30.3 Å². The van der Waals surface area contributed by atoms with E-state index in [2.05, 4.69) is 10.3 Å². The Labute approximate surface area is 251 Å². The minimum atomic E-state index is -1.69. The summed E-state index contributed by atoms with van der Waals surface area (Å²) in [6, 6.07) is 12.0. The largest absolute Gasteiger partial charge is 0.465 e. The molecule has 0 saturated carbocycles. The molecular formula is C32H31N3O9. The highest BCUT2D eigenvalue weighted by atomic mass is 16.6. The second kappa shape index (κ2) is 12.1. The van der Waals surface area contributed by atoms with Gasteiger partial charge >= 0.3 is 17.9 Å². The molecule has 4 aromatic rings. The first-order valence-corrected chi connectivity index (χ1v) is 14.1. The molecule has 2 aromatic carbocycles. The third kappa shape index (κ3) is 4.97. The molecule has 0 radical (unpaired) electrons. The lowest BCUT2D eigenvalue weighted by atomic mass is 9.87. The quantitative estimate of drug-likeness (QED) is 0.173. The lowest BCUT2D eigenvalue weighted by Crippen LogP contribution is -2.39. The van der Waals surface area contributed by atoms with E-state index < -0.39 is 46.3 Å². The van der Waals surface area contributed by atoms with E-state index in [1.54, 1.807) is 45.0 Å². The van der Waals surface area contributed by atoms with Crippen LogP contribution in [0.15, 0.2) is 63.5 Å². The van der Waals surface area contributed by atoms with E-state index in [1.165, 1.54) is 0 Å². The number of aromatic amines is 1. The fraction of sp³-hybridized carbons (Fsp3) is 0.281. The first-order chi connectivity index (χ1) is 21.1. The van der Waals surface area contributed by atoms with Crippen LogP contribution >= 0.6 is 0 Å². The second-order valence-corrected chi connectivity index (χ2v) is 9.94. The number of hydrogen-bond acceptors (Lipinski definition) is 10. The number of aromatic nitrogens is 2. The number of nitrogens with zero attached hydrogens (tertiary/aromatic N) is 1. The standard InChI is InChI=1S/C32H31N3O9/c1-6-41-30(38)20-21-26(44-28(22(20)31(39)42-7-2)34-24-16(4)12-11-13-17(24)5)23(32(40)43-8-3)25-27(36)33-18-14-9-10-15-19(18)35(25)29(21)37/h9-15,20,34H,6-8H2,1-5H3,(H,33,36). The molecular weight excluding hydrogens is 570 g/mol. The number of esters is 3. The van der Waals surface area contributed by atoms with Gasteiger partial charge in [-0.15, -0.1) is 0 Å². The maximum Gasteiger partial charge on any atom is 0.344 e. The number of carbonyl (C=O) groups is 3. The summed E-state index contributed by atoms with van der Waals surface area (Å²) in [5.41, 5.74) is -0.459. The van der Waals surface area contributed by atoms with Crippen LogP contribution in [0.2, 0.25) is 0 Å². The SMILES string of the molecule is CCOC(=O)C1=C(Nc2c(C)cccc2C)Oc2c(c(=O)n3c(c2C(=O)OCC)c(=O)[nH]c2ccccc23)C1C(=O)OCC. The average Bonchev–Trinajstić information content (AvgIpc) is 2.99. The fourth-order valence-electron chi connectivity index (χ4n) is 5.36. The molecule has 1 aliphatic rings. The third-order valence-corrected chi connectivity index (χ3v) is 7.22. The van der Waals surface area contributed by atoms with Crippen molar-refractivity contribution >= 4 is 40.1 Å². The van der Waals surface area contributed by atoms with E-state index in [0.29, 0.717) is 11.2 Å². The number of H-pyrrole nitrogens is 1. The summed E-state index contributed by atoms with van der Waals surface area (Å²) >= 11 is 0. The topological polar surface area (TPSA) is 154 Å². The number of rotatable bonds is 8. The summed E-state index contributed by atoms with van der Waals surface area (Å²) in [5.74, 6) is -5.24. The van der Waals surface area contributed by atoms with Crippen molar-refractivity contribution in [3.63, 3.8) is 0 Å². The maximum absolute atomic E-state index is 14.5. The molecule has 0 fully saturated rings. The van der Waals surface area contributed by atoms with Crippen molar-refractivity contribution in [1.82, 2.24) is 9.38 Å². The zero-order valence-corrected chi connectivity index (χ0v) is 24.9. The van der Waals surface area contributed by atoms with Crippen molar-refractivity contribution < 1.29 is 33.3 Å². The normalized spacial score (nSPS) is 14.2. The highest BCUT2D eigenvalue weighted by Crippen LogP contribution is 2.43. The number of hydrogen-bond donors (Lipinski definition) is 2. The average molecular weight is 602 g/mol. The highest BCUT2D eigenvalue weighted by Gasteiger charge is 2.46. The van der Waals surface area contributed by atoms with Gasteiger partial charge in [0.2, 0.25) is 5.88 Å². The van der Waals surface area contributed by atoms with Gasteiger partial charge in [-0.05, 0) is 57.9 Å². The number of aryl methyl sites for hydroxylation is 2. The van der Waals surface area contributed by atoms with Crippen LogP contribution in [0.3, 0.4) is 0 Å². The molecule has 2 N–H and O–H groups in total. The van der Waals surface area contributed by atoms with Gasteiger partial charge in [0, 0.05) is 5.69 Å². The van der Waals surface area contributed by atoms with E-state index in [-0.39, 0.29) is 47.9 Å². The molecule has 5 rings (SSSR count). The number of fused-ring (bicyclic) bond motifs is 4. The Bertz CT molecular complexity index is 1970. The summed E-state index contributed by atoms with van der Waals surface area (Å²) in [6.07, 6.45) is 0. The summed E-state index contributed by atoms with van der Waals surface area (Å²) in [7, 11) is 0. The Hall–Kier alpha value is -5.39. The third-order valence-electron chi connectivity index (χ3n) is 7.22. The van der Waals surface area contributed by atoms with Crippen LogP contribution in [0.1, 0.15) is 53.7 Å². The second-order valence-electron chi connectivity index (χ2n) is 9.94. The Kier molecular flexibility index (Phi) is 8.26. The van der Waals surface area contributed by atoms with Crippen LogP contribution in [0, 0.1) is 13.8 Å². The van der Waals surface area contributed by atoms with Crippen molar-refractivity contribution in [3.8, 4) is 5.75 Å². The van der Waals surface area contributed by atoms with E-state index in [9.17, 15) is 24.0 Å². The molecule has 12 nitrogen and oxygen atoms in total. The first kappa shape index (κ1) is 30.1. The van der Waals surface area contributed by atoms with Gasteiger partial charge in [0.1, 0.15) is 22.6 Å². The fourth-order valence-corrected chi connectivity index (χ4v) is 5.36. The monoisotopic (exact) mass is 601 g/mol. The van der Waals surface area contributed by atoms with Crippen molar-refractivity contribution in [3.05, 3.63) is 96.9 Å². The predicted molar refractivity (Wildman–Crippen MR) is 161 cm³/mol. The summed E-state index contributed by atoms with van der Waals surface area (Å²) in [4.78, 5) is 71.7. The van der Waals surface area contributed by atoms with E-state index in [4.69, 9.17) is 18.9 Å². The van der Waals surface area contributed by atoms with Gasteiger partial charge in [0.15, 0.2) is 5.75 Å². The van der Waals surface area contributed by atoms with Crippen LogP contribution in [0.4, 0.5) is 5.69 Å². The number of pyridine rings is 1. The first-order valence-electron chi connectivity index (χ1n) is 14.1. The van der Waals surface area contributed by atoms with Gasteiger partial charge in [-0.2, -0.15) is 0 Å². The molecule has 1 atom stereocenters. The molecule has 228 valence electrons. The minimum absolute atomic E-state index is 0.0494. The van der Waals surface area contributed by atoms with E-state index >= 15 is 0 Å². The Morgan fingerprint density at radius 2 is 1.52 bits per heavy atom. The molecule has 12 heteroatoms. The summed E-state index contributed by atoms with van der Waals surface area (Å²) in [5, 5.41) is 3.09. The van der Waals surface area contributed by atoms with Crippen LogP contribution in [0.25, 0.3) is 16.6 Å². The van der Waals surface area contributed by atoms with Crippen molar-refractivity contribution in [2.24, 2.45) is 0 Å². The zero-order valence-electron chi connectivity index (χ0n) is 24.9.